The van der Waals surface area contributed by atoms with Crippen molar-refractivity contribution in [2.45, 2.75) is 6.54 Å². The molecule has 0 fully saturated rings. The Balaban J connectivity index is 2.04. The average molecular weight is 266 g/mol. The van der Waals surface area contributed by atoms with Crippen LogP contribution in [0.5, 0.6) is 0 Å². The van der Waals surface area contributed by atoms with Crippen LogP contribution in [0.25, 0.3) is 0 Å². The van der Waals surface area contributed by atoms with E-state index in [4.69, 9.17) is 0 Å². The van der Waals surface area contributed by atoms with Gasteiger partial charge >= 0.3 is 0 Å². The molecule has 2 aromatic heterocycles. The first kappa shape index (κ1) is 12.5. The van der Waals surface area contributed by atoms with Crippen molar-refractivity contribution < 1.29 is 4.79 Å². The van der Waals surface area contributed by atoms with Gasteiger partial charge in [-0.05, 0) is 0 Å². The highest BCUT2D eigenvalue weighted by Gasteiger charge is 2.17. The lowest BCUT2D eigenvalue weighted by Gasteiger charge is -2.13. The average Bonchev–Trinajstić information content (AvgIpc) is 2.97. The molecule has 2 heterocycles. The van der Waals surface area contributed by atoms with Gasteiger partial charge in [-0.2, -0.15) is 5.10 Å². The number of amides is 1. The molecule has 0 aliphatic carbocycles. The SMILES string of the molecule is CNc1nnc(C(=O)N(C)Cc2cnn(C)c2)s1. The van der Waals surface area contributed by atoms with Gasteiger partial charge in [0.25, 0.3) is 5.91 Å². The van der Waals surface area contributed by atoms with Gasteiger partial charge in [0.1, 0.15) is 0 Å². The quantitative estimate of drug-likeness (QED) is 0.876. The summed E-state index contributed by atoms with van der Waals surface area (Å²) >= 11 is 1.24. The highest BCUT2D eigenvalue weighted by Crippen LogP contribution is 2.16. The molecule has 0 saturated carbocycles. The van der Waals surface area contributed by atoms with E-state index in [9.17, 15) is 4.79 Å². The van der Waals surface area contributed by atoms with Gasteiger partial charge < -0.3 is 10.2 Å². The van der Waals surface area contributed by atoms with E-state index < -0.39 is 0 Å². The molecule has 0 spiro atoms. The molecule has 2 rings (SSSR count). The molecule has 0 aliphatic heterocycles. The van der Waals surface area contributed by atoms with Crippen molar-refractivity contribution in [1.29, 1.82) is 0 Å². The molecule has 96 valence electrons. The predicted octanol–water partition coefficient (Wildman–Crippen LogP) is 0.585. The summed E-state index contributed by atoms with van der Waals surface area (Å²) < 4.78 is 1.71. The fourth-order valence-corrected chi connectivity index (χ4v) is 2.16. The van der Waals surface area contributed by atoms with Crippen molar-refractivity contribution in [2.24, 2.45) is 7.05 Å². The summed E-state index contributed by atoms with van der Waals surface area (Å²) in [6.07, 6.45) is 3.62. The minimum absolute atomic E-state index is 0.141. The van der Waals surface area contributed by atoms with Gasteiger partial charge in [0.15, 0.2) is 0 Å². The fourth-order valence-electron chi connectivity index (χ4n) is 1.47. The molecule has 1 amide bonds. The van der Waals surface area contributed by atoms with Crippen LogP contribution in [-0.4, -0.2) is 44.9 Å². The van der Waals surface area contributed by atoms with E-state index in [0.29, 0.717) is 16.7 Å². The van der Waals surface area contributed by atoms with E-state index in [1.54, 1.807) is 29.9 Å². The summed E-state index contributed by atoms with van der Waals surface area (Å²) in [6.45, 7) is 0.501. The zero-order chi connectivity index (χ0) is 13.1. The number of hydrogen-bond acceptors (Lipinski definition) is 6. The van der Waals surface area contributed by atoms with Crippen molar-refractivity contribution in [3.05, 3.63) is 23.0 Å². The number of carbonyl (C=O) groups is 1. The standard InChI is InChI=1S/C10H14N6OS/c1-11-10-14-13-8(18-10)9(17)15(2)5-7-4-12-16(3)6-7/h4,6H,5H2,1-3H3,(H,11,14). The second kappa shape index (κ2) is 5.13. The summed E-state index contributed by atoms with van der Waals surface area (Å²) in [7, 11) is 5.32. The van der Waals surface area contributed by atoms with Gasteiger partial charge in [0.2, 0.25) is 10.1 Å². The van der Waals surface area contributed by atoms with Gasteiger partial charge in [0.05, 0.1) is 6.20 Å². The van der Waals surface area contributed by atoms with E-state index in [2.05, 4.69) is 20.6 Å². The zero-order valence-corrected chi connectivity index (χ0v) is 11.2. The van der Waals surface area contributed by atoms with Gasteiger partial charge in [-0.25, -0.2) is 0 Å². The van der Waals surface area contributed by atoms with E-state index in [1.807, 2.05) is 13.2 Å². The molecule has 18 heavy (non-hydrogen) atoms. The third-order valence-corrected chi connectivity index (χ3v) is 3.28. The van der Waals surface area contributed by atoms with Gasteiger partial charge in [0, 0.05) is 39.4 Å². The summed E-state index contributed by atoms with van der Waals surface area (Å²) in [5, 5.41) is 15.6. The first-order chi connectivity index (χ1) is 8.60. The second-order valence-corrected chi connectivity index (χ2v) is 4.82. The first-order valence-corrected chi connectivity index (χ1v) is 6.16. The molecule has 7 nitrogen and oxygen atoms in total. The third kappa shape index (κ3) is 2.65. The lowest BCUT2D eigenvalue weighted by Crippen LogP contribution is -2.25. The Bertz CT molecular complexity index is 548. The van der Waals surface area contributed by atoms with E-state index in [0.717, 1.165) is 5.56 Å². The van der Waals surface area contributed by atoms with Crippen LogP contribution in [0, 0.1) is 0 Å². The Kier molecular flexibility index (Phi) is 3.56. The number of hydrogen-bond donors (Lipinski definition) is 1. The fraction of sp³-hybridized carbons (Fsp3) is 0.400. The van der Waals surface area contributed by atoms with E-state index >= 15 is 0 Å². The molecule has 0 bridgehead atoms. The monoisotopic (exact) mass is 266 g/mol. The van der Waals surface area contributed by atoms with Crippen LogP contribution >= 0.6 is 11.3 Å². The van der Waals surface area contributed by atoms with Gasteiger partial charge in [-0.3, -0.25) is 9.48 Å². The first-order valence-electron chi connectivity index (χ1n) is 5.34. The van der Waals surface area contributed by atoms with Crippen molar-refractivity contribution in [1.82, 2.24) is 24.9 Å². The minimum Gasteiger partial charge on any atom is -0.363 e. The van der Waals surface area contributed by atoms with E-state index in [1.165, 1.54) is 11.3 Å². The summed E-state index contributed by atoms with van der Waals surface area (Å²) in [5.74, 6) is -0.141. The molecule has 0 aromatic carbocycles. The number of nitrogens with one attached hydrogen (secondary N) is 1. The largest absolute Gasteiger partial charge is 0.363 e. The Morgan fingerprint density at radius 1 is 1.56 bits per heavy atom. The van der Waals surface area contributed by atoms with Crippen molar-refractivity contribution in [3.8, 4) is 0 Å². The summed E-state index contributed by atoms with van der Waals surface area (Å²) in [4.78, 5) is 13.7. The molecular weight excluding hydrogens is 252 g/mol. The molecule has 0 aliphatic rings. The maximum atomic E-state index is 12.1. The van der Waals surface area contributed by atoms with Crippen LogP contribution in [-0.2, 0) is 13.6 Å². The number of nitrogens with zero attached hydrogens (tertiary/aromatic N) is 5. The van der Waals surface area contributed by atoms with E-state index in [-0.39, 0.29) is 5.91 Å². The Labute approximate surface area is 108 Å². The minimum atomic E-state index is -0.141. The van der Waals surface area contributed by atoms with Crippen LogP contribution in [0.2, 0.25) is 0 Å². The van der Waals surface area contributed by atoms with Crippen LogP contribution in [0.4, 0.5) is 5.13 Å². The Morgan fingerprint density at radius 2 is 2.33 bits per heavy atom. The summed E-state index contributed by atoms with van der Waals surface area (Å²) in [5.41, 5.74) is 0.978. The van der Waals surface area contributed by atoms with Crippen molar-refractivity contribution in [2.75, 3.05) is 19.4 Å². The van der Waals surface area contributed by atoms with Gasteiger partial charge in [-0.1, -0.05) is 11.3 Å². The maximum Gasteiger partial charge on any atom is 0.284 e. The van der Waals surface area contributed by atoms with Crippen LogP contribution < -0.4 is 5.32 Å². The molecule has 0 radical (unpaired) electrons. The van der Waals surface area contributed by atoms with Crippen molar-refractivity contribution >= 4 is 22.4 Å². The summed E-state index contributed by atoms with van der Waals surface area (Å²) in [6, 6.07) is 0. The normalized spacial score (nSPS) is 10.4. The molecule has 8 heteroatoms. The highest BCUT2D eigenvalue weighted by molar-refractivity contribution is 7.17. The number of aryl methyl sites for hydroxylation is 1. The highest BCUT2D eigenvalue weighted by atomic mass is 32.1. The van der Waals surface area contributed by atoms with Crippen LogP contribution in [0.3, 0.4) is 0 Å². The lowest BCUT2D eigenvalue weighted by atomic mass is 10.3. The topological polar surface area (TPSA) is 75.9 Å². The Hall–Kier alpha value is -1.96. The number of anilines is 1. The molecule has 1 N–H and O–H groups in total. The van der Waals surface area contributed by atoms with Crippen LogP contribution in [0.15, 0.2) is 12.4 Å². The molecule has 0 atom stereocenters. The Morgan fingerprint density at radius 3 is 2.89 bits per heavy atom. The van der Waals surface area contributed by atoms with Crippen molar-refractivity contribution in [3.63, 3.8) is 0 Å². The molecule has 0 saturated heterocycles. The lowest BCUT2D eigenvalue weighted by molar-refractivity contribution is 0.0784. The smallest absolute Gasteiger partial charge is 0.284 e. The third-order valence-electron chi connectivity index (χ3n) is 2.35. The number of rotatable bonds is 4. The number of aromatic nitrogens is 4. The maximum absolute atomic E-state index is 12.1. The predicted molar refractivity (Wildman–Crippen MR) is 68.5 cm³/mol. The molecule has 0 unspecified atom stereocenters. The second-order valence-electron chi connectivity index (χ2n) is 3.85. The zero-order valence-electron chi connectivity index (χ0n) is 10.4. The molecular formula is C10H14N6OS. The number of carbonyl (C=O) groups excluding carboxylic acids is 1. The van der Waals surface area contributed by atoms with Gasteiger partial charge in [-0.15, -0.1) is 10.2 Å². The molecule has 2 aromatic rings. The van der Waals surface area contributed by atoms with Crippen LogP contribution in [0.1, 0.15) is 15.4 Å².